The summed E-state index contributed by atoms with van der Waals surface area (Å²) in [5.41, 5.74) is 3.76. The first-order valence-corrected chi connectivity index (χ1v) is 7.97. The number of aromatic carboxylic acids is 1. The molecule has 1 aliphatic rings. The summed E-state index contributed by atoms with van der Waals surface area (Å²) in [6.45, 7) is 4.84. The molecule has 21 heavy (non-hydrogen) atoms. The van der Waals surface area contributed by atoms with Gasteiger partial charge in [0, 0.05) is 42.8 Å². The van der Waals surface area contributed by atoms with Gasteiger partial charge in [0.25, 0.3) is 0 Å². The van der Waals surface area contributed by atoms with Gasteiger partial charge in [0.05, 0.1) is 6.20 Å². The molecule has 2 aromatic heterocycles. The zero-order chi connectivity index (χ0) is 15.0. The Hall–Kier alpha value is -1.66. The monoisotopic (exact) mass is 305 g/mol. The van der Waals surface area contributed by atoms with E-state index in [1.165, 1.54) is 33.0 Å². The zero-order valence-electron chi connectivity index (χ0n) is 12.3. The summed E-state index contributed by atoms with van der Waals surface area (Å²) < 4.78 is 1.94. The third-order valence-electron chi connectivity index (χ3n) is 4.05. The smallest absolute Gasteiger partial charge is 0.345 e. The molecule has 2 aromatic rings. The van der Waals surface area contributed by atoms with Crippen LogP contribution in [-0.4, -0.2) is 32.3 Å². The average molecular weight is 305 g/mol. The summed E-state index contributed by atoms with van der Waals surface area (Å²) >= 11 is 1.41. The third-order valence-corrected chi connectivity index (χ3v) is 5.20. The number of carboxylic acids is 1. The molecule has 0 aliphatic carbocycles. The number of thiophene rings is 1. The Balaban J connectivity index is 1.75. The quantitative estimate of drug-likeness (QED) is 0.941. The summed E-state index contributed by atoms with van der Waals surface area (Å²) in [5.74, 6) is -0.818. The molecule has 1 aliphatic heterocycles. The largest absolute Gasteiger partial charge is 0.477 e. The molecule has 0 amide bonds. The number of carbonyl (C=O) groups is 1. The molecule has 112 valence electrons. The van der Waals surface area contributed by atoms with E-state index in [0.717, 1.165) is 32.5 Å². The first-order valence-electron chi connectivity index (χ1n) is 7.15. The Morgan fingerprint density at radius 3 is 3.05 bits per heavy atom. The highest BCUT2D eigenvalue weighted by Crippen LogP contribution is 2.29. The van der Waals surface area contributed by atoms with Crippen LogP contribution in [-0.2, 0) is 33.0 Å². The maximum atomic E-state index is 11.1. The zero-order valence-corrected chi connectivity index (χ0v) is 13.1. The minimum atomic E-state index is -0.818. The van der Waals surface area contributed by atoms with E-state index < -0.39 is 5.97 Å². The minimum absolute atomic E-state index is 0.456. The maximum absolute atomic E-state index is 11.1. The van der Waals surface area contributed by atoms with E-state index in [9.17, 15) is 4.79 Å². The highest BCUT2D eigenvalue weighted by atomic mass is 32.1. The minimum Gasteiger partial charge on any atom is -0.477 e. The van der Waals surface area contributed by atoms with E-state index in [1.54, 1.807) is 0 Å². The van der Waals surface area contributed by atoms with Crippen LogP contribution in [0.1, 0.15) is 38.3 Å². The molecule has 5 nitrogen and oxygen atoms in total. The van der Waals surface area contributed by atoms with Gasteiger partial charge in [0.2, 0.25) is 0 Å². The molecule has 0 aromatic carbocycles. The topological polar surface area (TPSA) is 58.4 Å². The van der Waals surface area contributed by atoms with Crippen LogP contribution in [0.15, 0.2) is 12.3 Å². The molecular formula is C15H19N3O2S. The van der Waals surface area contributed by atoms with Crippen LogP contribution in [0.2, 0.25) is 0 Å². The standard InChI is InChI=1S/C15H19N3O2S/c1-3-12-11(7-16-17(12)2)8-18-5-4-10-6-13(15(19)20)21-14(10)9-18/h6-7H,3-5,8-9H2,1-2H3,(H,19,20). The molecule has 0 fully saturated rings. The number of nitrogens with zero attached hydrogens (tertiary/aromatic N) is 3. The Labute approximate surface area is 127 Å². The first kappa shape index (κ1) is 14.3. The lowest BCUT2D eigenvalue weighted by Crippen LogP contribution is -2.29. The maximum Gasteiger partial charge on any atom is 0.345 e. The number of aryl methyl sites for hydroxylation is 1. The number of hydrogen-bond donors (Lipinski definition) is 1. The molecule has 1 N–H and O–H groups in total. The van der Waals surface area contributed by atoms with Crippen LogP contribution in [0, 0.1) is 0 Å². The third kappa shape index (κ3) is 2.73. The molecule has 0 unspecified atom stereocenters. The molecule has 0 spiro atoms. The Kier molecular flexibility index (Phi) is 3.82. The second kappa shape index (κ2) is 5.61. The SMILES string of the molecule is CCc1c(CN2CCc3cc(C(=O)O)sc3C2)cnn1C. The summed E-state index contributed by atoms with van der Waals surface area (Å²) in [7, 11) is 1.98. The summed E-state index contributed by atoms with van der Waals surface area (Å²) in [5, 5.41) is 13.4. The predicted octanol–water partition coefficient (Wildman–Crippen LogP) is 2.30. The van der Waals surface area contributed by atoms with E-state index >= 15 is 0 Å². The number of carboxylic acid groups (broad SMARTS) is 1. The Morgan fingerprint density at radius 2 is 2.33 bits per heavy atom. The fourth-order valence-corrected chi connectivity index (χ4v) is 4.04. The summed E-state index contributed by atoms with van der Waals surface area (Å²) in [4.78, 5) is 15.1. The number of fused-ring (bicyclic) bond motifs is 1. The van der Waals surface area contributed by atoms with Crippen LogP contribution in [0.25, 0.3) is 0 Å². The van der Waals surface area contributed by atoms with Crippen molar-refractivity contribution < 1.29 is 9.90 Å². The van der Waals surface area contributed by atoms with Crippen molar-refractivity contribution in [2.75, 3.05) is 6.54 Å². The molecule has 3 rings (SSSR count). The highest BCUT2D eigenvalue weighted by molar-refractivity contribution is 7.14. The van der Waals surface area contributed by atoms with Gasteiger partial charge in [-0.1, -0.05) is 6.92 Å². The van der Waals surface area contributed by atoms with Crippen LogP contribution in [0.3, 0.4) is 0 Å². The van der Waals surface area contributed by atoms with E-state index in [0.29, 0.717) is 4.88 Å². The molecule has 0 radical (unpaired) electrons. The van der Waals surface area contributed by atoms with Crippen LogP contribution in [0.5, 0.6) is 0 Å². The van der Waals surface area contributed by atoms with E-state index in [-0.39, 0.29) is 0 Å². The molecule has 0 bridgehead atoms. The molecule has 0 atom stereocenters. The van der Waals surface area contributed by atoms with Gasteiger partial charge >= 0.3 is 5.97 Å². The second-order valence-corrected chi connectivity index (χ2v) is 6.56. The summed E-state index contributed by atoms with van der Waals surface area (Å²) in [6.07, 6.45) is 3.86. The van der Waals surface area contributed by atoms with E-state index in [1.807, 2.05) is 24.0 Å². The number of rotatable bonds is 4. The highest BCUT2D eigenvalue weighted by Gasteiger charge is 2.22. The first-order chi connectivity index (χ1) is 10.1. The van der Waals surface area contributed by atoms with Gasteiger partial charge in [-0.3, -0.25) is 9.58 Å². The van der Waals surface area contributed by atoms with Crippen molar-refractivity contribution in [2.45, 2.75) is 32.9 Å². The molecular weight excluding hydrogens is 286 g/mol. The lowest BCUT2D eigenvalue weighted by Gasteiger charge is -2.26. The van der Waals surface area contributed by atoms with Gasteiger partial charge in [-0.05, 0) is 24.5 Å². The fraction of sp³-hybridized carbons (Fsp3) is 0.467. The van der Waals surface area contributed by atoms with Gasteiger partial charge in [0.15, 0.2) is 0 Å². The van der Waals surface area contributed by atoms with Gasteiger partial charge in [0.1, 0.15) is 4.88 Å². The number of hydrogen-bond acceptors (Lipinski definition) is 4. The fourth-order valence-electron chi connectivity index (χ4n) is 2.95. The van der Waals surface area contributed by atoms with Crippen molar-refractivity contribution in [3.8, 4) is 0 Å². The van der Waals surface area contributed by atoms with E-state index in [2.05, 4.69) is 16.9 Å². The molecule has 0 saturated carbocycles. The summed E-state index contributed by atoms with van der Waals surface area (Å²) in [6, 6.07) is 1.83. The van der Waals surface area contributed by atoms with E-state index in [4.69, 9.17) is 5.11 Å². The Bertz CT molecular complexity index is 675. The van der Waals surface area contributed by atoms with Crippen molar-refractivity contribution in [3.05, 3.63) is 38.8 Å². The number of aromatic nitrogens is 2. The lowest BCUT2D eigenvalue weighted by molar-refractivity contribution is 0.0702. The Morgan fingerprint density at radius 1 is 1.52 bits per heavy atom. The second-order valence-electron chi connectivity index (χ2n) is 5.42. The normalized spacial score (nSPS) is 15.1. The van der Waals surface area contributed by atoms with Gasteiger partial charge in [-0.15, -0.1) is 11.3 Å². The van der Waals surface area contributed by atoms with Crippen molar-refractivity contribution in [1.29, 1.82) is 0 Å². The average Bonchev–Trinajstić information content (AvgIpc) is 3.02. The van der Waals surface area contributed by atoms with Crippen LogP contribution in [0.4, 0.5) is 0 Å². The predicted molar refractivity (Wildman–Crippen MR) is 81.7 cm³/mol. The van der Waals surface area contributed by atoms with Crippen molar-refractivity contribution in [2.24, 2.45) is 7.05 Å². The van der Waals surface area contributed by atoms with Crippen LogP contribution >= 0.6 is 11.3 Å². The molecule has 0 saturated heterocycles. The van der Waals surface area contributed by atoms with Gasteiger partial charge < -0.3 is 5.11 Å². The van der Waals surface area contributed by atoms with Gasteiger partial charge in [-0.2, -0.15) is 5.10 Å². The molecule has 6 heteroatoms. The van der Waals surface area contributed by atoms with Gasteiger partial charge in [-0.25, -0.2) is 4.79 Å². The lowest BCUT2D eigenvalue weighted by atomic mass is 10.1. The van der Waals surface area contributed by atoms with Crippen molar-refractivity contribution >= 4 is 17.3 Å². The van der Waals surface area contributed by atoms with Crippen molar-refractivity contribution in [1.82, 2.24) is 14.7 Å². The van der Waals surface area contributed by atoms with Crippen molar-refractivity contribution in [3.63, 3.8) is 0 Å². The van der Waals surface area contributed by atoms with Crippen LogP contribution < -0.4 is 0 Å². The molecule has 3 heterocycles.